The summed E-state index contributed by atoms with van der Waals surface area (Å²) in [7, 11) is -1.95. The summed E-state index contributed by atoms with van der Waals surface area (Å²) in [5.41, 5.74) is 7.26. The molecule has 0 unspecified atom stereocenters. The maximum Gasteiger partial charge on any atom is 0.530 e. The number of hydrogen-bond acceptors (Lipinski definition) is 3. The van der Waals surface area contributed by atoms with Gasteiger partial charge in [-0.05, 0) is 106 Å². The van der Waals surface area contributed by atoms with Crippen LogP contribution in [0.2, 0.25) is 0 Å². The molecule has 0 atom stereocenters. The van der Waals surface area contributed by atoms with Gasteiger partial charge < -0.3 is 13.6 Å². The van der Waals surface area contributed by atoms with E-state index >= 15 is 0 Å². The minimum absolute atomic E-state index is 0.0254. The van der Waals surface area contributed by atoms with E-state index in [4.69, 9.17) is 13.6 Å². The van der Waals surface area contributed by atoms with Gasteiger partial charge in [-0.3, -0.25) is 0 Å². The fourth-order valence-corrected chi connectivity index (χ4v) is 8.06. The average molecular weight is 731 g/mol. The largest absolute Gasteiger partial charge is 0.530 e. The third-order valence-corrected chi connectivity index (χ3v) is 14.2. The highest BCUT2D eigenvalue weighted by atomic mass is 31.2. The molecule has 3 aromatic carbocycles. The van der Waals surface area contributed by atoms with E-state index in [1.54, 1.807) is 0 Å². The fourth-order valence-electron chi connectivity index (χ4n) is 7.01. The molecule has 0 spiro atoms. The zero-order valence-electron chi connectivity index (χ0n) is 36.6. The molecule has 0 radical (unpaired) electrons. The van der Waals surface area contributed by atoms with Gasteiger partial charge in [-0.15, -0.1) is 0 Å². The van der Waals surface area contributed by atoms with Crippen LogP contribution >= 0.6 is 8.60 Å². The second-order valence-electron chi connectivity index (χ2n) is 19.0. The molecule has 0 fully saturated rings. The third-order valence-electron chi connectivity index (χ3n) is 13.1. The summed E-state index contributed by atoms with van der Waals surface area (Å²) in [6.07, 6.45) is 6.01. The van der Waals surface area contributed by atoms with Crippen molar-refractivity contribution in [3.8, 4) is 17.2 Å². The van der Waals surface area contributed by atoms with Crippen molar-refractivity contribution in [3.05, 3.63) is 88.0 Å². The molecular formula is C48H75O3P. The first-order valence-corrected chi connectivity index (χ1v) is 21.4. The molecule has 0 saturated carbocycles. The smallest absolute Gasteiger partial charge is 0.408 e. The van der Waals surface area contributed by atoms with Crippen LogP contribution < -0.4 is 13.6 Å². The van der Waals surface area contributed by atoms with E-state index in [-0.39, 0.29) is 32.5 Å². The fraction of sp³-hybridized carbons (Fsp3) is 0.625. The molecule has 0 amide bonds. The summed E-state index contributed by atoms with van der Waals surface area (Å²) in [6.45, 7) is 41.7. The number of hydrogen-bond donors (Lipinski definition) is 0. The molecule has 0 saturated heterocycles. The molecule has 0 aliphatic heterocycles. The van der Waals surface area contributed by atoms with Gasteiger partial charge in [-0.1, -0.05) is 161 Å². The van der Waals surface area contributed by atoms with Gasteiger partial charge in [0.25, 0.3) is 0 Å². The van der Waals surface area contributed by atoms with Crippen molar-refractivity contribution >= 4 is 8.60 Å². The SMILES string of the molecule is CCC(C)(C)c1cccc(OP(Oc2cccc(C(C)(C)CC)c2C(C)(C)CC)Oc2cccc(C(C)(C)CC)c2C(C)(C)CC)c1C(C)(C)CC. The van der Waals surface area contributed by atoms with Crippen LogP contribution in [0.1, 0.15) is 197 Å². The molecule has 0 aromatic heterocycles. The number of benzene rings is 3. The minimum atomic E-state index is -1.95. The van der Waals surface area contributed by atoms with E-state index in [1.165, 1.54) is 33.4 Å². The average Bonchev–Trinajstić information content (AvgIpc) is 3.10. The first kappa shape index (κ1) is 43.9. The van der Waals surface area contributed by atoms with Crippen LogP contribution in [0.25, 0.3) is 0 Å². The Labute approximate surface area is 322 Å². The Bertz CT molecular complexity index is 1450. The summed E-state index contributed by atoms with van der Waals surface area (Å²) in [5.74, 6) is 2.54. The molecule has 0 aliphatic rings. The standard InChI is InChI=1S/C48H75O3P/c1-19-43(7,8)34-28-25-31-37(40(34)46(13,14)22-4)49-52(50-38-32-26-29-35(44(9,10)20-2)41(38)47(15,16)23-5)51-39-33-27-30-36(45(11,12)21-3)42(39)48(17,18)24-6/h25-33H,19-24H2,1-18H3. The van der Waals surface area contributed by atoms with Crippen LogP contribution in [0.5, 0.6) is 17.2 Å². The first-order chi connectivity index (χ1) is 24.0. The Morgan fingerprint density at radius 3 is 0.750 bits per heavy atom. The van der Waals surface area contributed by atoms with Crippen LogP contribution in [0.15, 0.2) is 54.6 Å². The van der Waals surface area contributed by atoms with E-state index in [0.717, 1.165) is 55.8 Å². The molecule has 0 N–H and O–H groups in total. The molecular weight excluding hydrogens is 655 g/mol. The molecule has 3 nitrogen and oxygen atoms in total. The van der Waals surface area contributed by atoms with Crippen molar-refractivity contribution in [1.82, 2.24) is 0 Å². The quantitative estimate of drug-likeness (QED) is 0.122. The molecule has 3 aromatic rings. The van der Waals surface area contributed by atoms with Crippen LogP contribution in [0.4, 0.5) is 0 Å². The second kappa shape index (κ2) is 16.5. The Morgan fingerprint density at radius 2 is 0.558 bits per heavy atom. The van der Waals surface area contributed by atoms with Crippen LogP contribution in [-0.2, 0) is 32.5 Å². The molecule has 0 bridgehead atoms. The highest BCUT2D eigenvalue weighted by Crippen LogP contribution is 2.53. The summed E-state index contributed by atoms with van der Waals surface area (Å²) < 4.78 is 21.7. The topological polar surface area (TPSA) is 27.7 Å². The van der Waals surface area contributed by atoms with Crippen molar-refractivity contribution in [1.29, 1.82) is 0 Å². The normalized spacial score (nSPS) is 13.4. The van der Waals surface area contributed by atoms with Crippen molar-refractivity contribution in [2.24, 2.45) is 0 Å². The minimum Gasteiger partial charge on any atom is -0.408 e. The van der Waals surface area contributed by atoms with E-state index in [9.17, 15) is 0 Å². The Balaban J connectivity index is 2.43. The highest BCUT2D eigenvalue weighted by Gasteiger charge is 2.38. The van der Waals surface area contributed by atoms with E-state index in [0.29, 0.717) is 0 Å². The van der Waals surface area contributed by atoms with Gasteiger partial charge in [0.1, 0.15) is 17.2 Å². The van der Waals surface area contributed by atoms with Gasteiger partial charge in [0.2, 0.25) is 0 Å². The Kier molecular flexibility index (Phi) is 13.9. The van der Waals surface area contributed by atoms with Crippen LogP contribution in [-0.4, -0.2) is 0 Å². The van der Waals surface area contributed by atoms with Gasteiger partial charge >= 0.3 is 8.60 Å². The van der Waals surface area contributed by atoms with Crippen molar-refractivity contribution in [2.75, 3.05) is 0 Å². The van der Waals surface area contributed by atoms with Gasteiger partial charge in [0, 0.05) is 16.7 Å². The lowest BCUT2D eigenvalue weighted by Crippen LogP contribution is -2.27. The van der Waals surface area contributed by atoms with Gasteiger partial charge in [-0.2, -0.15) is 0 Å². The maximum absolute atomic E-state index is 7.25. The van der Waals surface area contributed by atoms with Crippen LogP contribution in [0.3, 0.4) is 0 Å². The molecule has 52 heavy (non-hydrogen) atoms. The van der Waals surface area contributed by atoms with Gasteiger partial charge in [0.15, 0.2) is 0 Å². The second-order valence-corrected chi connectivity index (χ2v) is 20.0. The molecule has 3 rings (SSSR count). The molecule has 290 valence electrons. The summed E-state index contributed by atoms with van der Waals surface area (Å²) >= 11 is 0. The van der Waals surface area contributed by atoms with E-state index < -0.39 is 8.60 Å². The van der Waals surface area contributed by atoms with Gasteiger partial charge in [-0.25, -0.2) is 0 Å². The Hall–Kier alpha value is -2.51. The lowest BCUT2D eigenvalue weighted by Gasteiger charge is -2.37. The van der Waals surface area contributed by atoms with Crippen molar-refractivity contribution in [2.45, 2.75) is 196 Å². The lowest BCUT2D eigenvalue weighted by molar-refractivity contribution is 0.358. The zero-order chi connectivity index (χ0) is 39.5. The molecule has 0 heterocycles. The highest BCUT2D eigenvalue weighted by molar-refractivity contribution is 7.43. The summed E-state index contributed by atoms with van der Waals surface area (Å²) in [6, 6.07) is 19.7. The molecule has 4 heteroatoms. The predicted octanol–water partition coefficient (Wildman–Crippen LogP) is 15.6. The van der Waals surface area contributed by atoms with Crippen LogP contribution in [0, 0.1) is 0 Å². The third kappa shape index (κ3) is 9.22. The maximum atomic E-state index is 7.25. The van der Waals surface area contributed by atoms with Gasteiger partial charge in [0.05, 0.1) is 0 Å². The van der Waals surface area contributed by atoms with E-state index in [2.05, 4.69) is 179 Å². The monoisotopic (exact) mass is 731 g/mol. The predicted molar refractivity (Wildman–Crippen MR) is 228 cm³/mol. The first-order valence-electron chi connectivity index (χ1n) is 20.3. The molecule has 0 aliphatic carbocycles. The Morgan fingerprint density at radius 1 is 0.346 bits per heavy atom. The van der Waals surface area contributed by atoms with E-state index in [1.807, 2.05) is 0 Å². The van der Waals surface area contributed by atoms with Crippen molar-refractivity contribution < 1.29 is 13.6 Å². The summed E-state index contributed by atoms with van der Waals surface area (Å²) in [5, 5.41) is 0. The summed E-state index contributed by atoms with van der Waals surface area (Å²) in [4.78, 5) is 0. The zero-order valence-corrected chi connectivity index (χ0v) is 37.5. The number of rotatable bonds is 18. The lowest BCUT2D eigenvalue weighted by atomic mass is 9.71. The van der Waals surface area contributed by atoms with Crippen molar-refractivity contribution in [3.63, 3.8) is 0 Å².